The van der Waals surface area contributed by atoms with Gasteiger partial charge in [0.15, 0.2) is 0 Å². The minimum atomic E-state index is 0.920. The van der Waals surface area contributed by atoms with E-state index in [0.717, 1.165) is 24.1 Å². The zero-order valence-electron chi connectivity index (χ0n) is 12.5. The van der Waals surface area contributed by atoms with E-state index in [1.165, 1.54) is 36.9 Å². The number of unbranched alkanes of at least 4 members (excludes halogenated alkanes) is 2. The van der Waals surface area contributed by atoms with Gasteiger partial charge < -0.3 is 10.2 Å². The maximum atomic E-state index is 3.57. The van der Waals surface area contributed by atoms with E-state index in [1.807, 2.05) is 7.05 Å². The minimum Gasteiger partial charge on any atom is -0.371 e. The lowest BCUT2D eigenvalue weighted by molar-refractivity contribution is 0.672. The molecule has 1 aromatic carbocycles. The molecule has 0 saturated carbocycles. The van der Waals surface area contributed by atoms with Gasteiger partial charge in [0.25, 0.3) is 0 Å². The van der Waals surface area contributed by atoms with E-state index < -0.39 is 0 Å². The highest BCUT2D eigenvalue weighted by atomic mass is 79.9. The molecular weight excluding hydrogens is 300 g/mol. The lowest BCUT2D eigenvalue weighted by atomic mass is 10.1. The number of nitrogens with zero attached hydrogens (tertiary/aromatic N) is 1. The van der Waals surface area contributed by atoms with Gasteiger partial charge in [-0.3, -0.25) is 0 Å². The second-order valence-corrected chi connectivity index (χ2v) is 5.91. The molecule has 0 unspecified atom stereocenters. The third kappa shape index (κ3) is 5.53. The van der Waals surface area contributed by atoms with Gasteiger partial charge in [0.2, 0.25) is 0 Å². The summed E-state index contributed by atoms with van der Waals surface area (Å²) in [6, 6.07) is 6.64. The van der Waals surface area contributed by atoms with Crippen LogP contribution in [-0.4, -0.2) is 20.1 Å². The molecule has 2 nitrogen and oxygen atoms in total. The summed E-state index contributed by atoms with van der Waals surface area (Å²) in [7, 11) is 2.01. The maximum Gasteiger partial charge on any atom is 0.0412 e. The minimum absolute atomic E-state index is 0.920. The smallest absolute Gasteiger partial charge is 0.0412 e. The molecule has 108 valence electrons. The van der Waals surface area contributed by atoms with Crippen molar-refractivity contribution in [3.8, 4) is 0 Å². The van der Waals surface area contributed by atoms with Crippen molar-refractivity contribution in [1.82, 2.24) is 5.32 Å². The zero-order chi connectivity index (χ0) is 14.1. The second-order valence-electron chi connectivity index (χ2n) is 5.00. The Bertz CT molecular complexity index is 358. The Hall–Kier alpha value is -0.540. The summed E-state index contributed by atoms with van der Waals surface area (Å²) in [5.74, 6) is 0. The molecular formula is C16H27BrN2. The van der Waals surface area contributed by atoms with Gasteiger partial charge in [-0.1, -0.05) is 42.6 Å². The van der Waals surface area contributed by atoms with E-state index in [-0.39, 0.29) is 0 Å². The highest BCUT2D eigenvalue weighted by Crippen LogP contribution is 2.25. The first-order valence-electron chi connectivity index (χ1n) is 7.40. The molecule has 0 atom stereocenters. The van der Waals surface area contributed by atoms with Crippen molar-refractivity contribution in [2.24, 2.45) is 0 Å². The molecule has 1 aromatic rings. The molecule has 3 heteroatoms. The Morgan fingerprint density at radius 2 is 1.74 bits per heavy atom. The van der Waals surface area contributed by atoms with Crippen molar-refractivity contribution < 1.29 is 0 Å². The van der Waals surface area contributed by atoms with Crippen LogP contribution in [0.4, 0.5) is 5.69 Å². The number of hydrogen-bond donors (Lipinski definition) is 1. The Balaban J connectivity index is 2.91. The fourth-order valence-corrected chi connectivity index (χ4v) is 2.65. The summed E-state index contributed by atoms with van der Waals surface area (Å²) in [5, 5.41) is 3.27. The van der Waals surface area contributed by atoms with Gasteiger partial charge in [0.1, 0.15) is 0 Å². The van der Waals surface area contributed by atoms with Crippen molar-refractivity contribution in [3.63, 3.8) is 0 Å². The topological polar surface area (TPSA) is 15.3 Å². The molecule has 0 amide bonds. The summed E-state index contributed by atoms with van der Waals surface area (Å²) in [6.07, 6.45) is 5.03. The molecule has 0 radical (unpaired) electrons. The number of nitrogens with one attached hydrogen (secondary N) is 1. The zero-order valence-corrected chi connectivity index (χ0v) is 14.1. The van der Waals surface area contributed by atoms with E-state index >= 15 is 0 Å². The van der Waals surface area contributed by atoms with Gasteiger partial charge in [-0.05, 0) is 43.7 Å². The van der Waals surface area contributed by atoms with Crippen molar-refractivity contribution in [2.45, 2.75) is 46.1 Å². The fourth-order valence-electron chi connectivity index (χ4n) is 2.25. The summed E-state index contributed by atoms with van der Waals surface area (Å²) in [6.45, 7) is 7.76. The monoisotopic (exact) mass is 326 g/mol. The van der Waals surface area contributed by atoms with Gasteiger partial charge in [0.05, 0.1) is 0 Å². The first-order valence-corrected chi connectivity index (χ1v) is 8.20. The molecule has 0 aromatic heterocycles. The van der Waals surface area contributed by atoms with Crippen molar-refractivity contribution >= 4 is 21.6 Å². The Morgan fingerprint density at radius 1 is 1.11 bits per heavy atom. The van der Waals surface area contributed by atoms with Crippen molar-refractivity contribution in [3.05, 3.63) is 28.2 Å². The average Bonchev–Trinajstić information content (AvgIpc) is 2.40. The lowest BCUT2D eigenvalue weighted by Crippen LogP contribution is -2.27. The summed E-state index contributed by atoms with van der Waals surface area (Å²) < 4.78 is 1.16. The van der Waals surface area contributed by atoms with Crippen LogP contribution in [-0.2, 0) is 6.54 Å². The van der Waals surface area contributed by atoms with E-state index in [1.54, 1.807) is 0 Å². The van der Waals surface area contributed by atoms with E-state index in [4.69, 9.17) is 0 Å². The van der Waals surface area contributed by atoms with Crippen LogP contribution in [0.25, 0.3) is 0 Å². The first kappa shape index (κ1) is 16.5. The largest absolute Gasteiger partial charge is 0.371 e. The Labute approximate surface area is 126 Å². The van der Waals surface area contributed by atoms with Gasteiger partial charge in [0, 0.05) is 29.8 Å². The Morgan fingerprint density at radius 3 is 2.26 bits per heavy atom. The third-order valence-electron chi connectivity index (χ3n) is 3.31. The van der Waals surface area contributed by atoms with Gasteiger partial charge in [-0.25, -0.2) is 0 Å². The van der Waals surface area contributed by atoms with Crippen LogP contribution in [0.1, 0.15) is 45.1 Å². The average molecular weight is 327 g/mol. The number of hydrogen-bond acceptors (Lipinski definition) is 2. The van der Waals surface area contributed by atoms with Gasteiger partial charge in [-0.15, -0.1) is 0 Å². The fraction of sp³-hybridized carbons (Fsp3) is 0.625. The number of benzene rings is 1. The van der Waals surface area contributed by atoms with Crippen LogP contribution in [0.15, 0.2) is 22.7 Å². The summed E-state index contributed by atoms with van der Waals surface area (Å²) in [5.41, 5.74) is 2.77. The van der Waals surface area contributed by atoms with Crippen LogP contribution in [0.3, 0.4) is 0 Å². The van der Waals surface area contributed by atoms with E-state index in [0.29, 0.717) is 0 Å². The molecule has 0 saturated heterocycles. The highest BCUT2D eigenvalue weighted by Gasteiger charge is 2.10. The predicted octanol–water partition coefficient (Wildman–Crippen LogP) is 4.58. The highest BCUT2D eigenvalue weighted by molar-refractivity contribution is 9.10. The van der Waals surface area contributed by atoms with Crippen molar-refractivity contribution in [2.75, 3.05) is 25.0 Å². The number of halogens is 1. The predicted molar refractivity (Wildman–Crippen MR) is 88.9 cm³/mol. The van der Waals surface area contributed by atoms with Gasteiger partial charge >= 0.3 is 0 Å². The third-order valence-corrected chi connectivity index (χ3v) is 3.81. The molecule has 19 heavy (non-hydrogen) atoms. The van der Waals surface area contributed by atoms with Crippen LogP contribution in [0, 0.1) is 0 Å². The molecule has 0 aliphatic carbocycles. The van der Waals surface area contributed by atoms with Crippen LogP contribution in [0.2, 0.25) is 0 Å². The quantitative estimate of drug-likeness (QED) is 0.714. The summed E-state index contributed by atoms with van der Waals surface area (Å²) in [4.78, 5) is 2.55. The molecule has 0 spiro atoms. The maximum absolute atomic E-state index is 3.57. The van der Waals surface area contributed by atoms with E-state index in [9.17, 15) is 0 Å². The molecule has 0 bridgehead atoms. The van der Waals surface area contributed by atoms with Crippen LogP contribution >= 0.6 is 15.9 Å². The standard InChI is InChI=1S/C16H27BrN2/c1-4-6-10-19(11-7-5-2)16-9-8-15(17)12-14(16)13-18-3/h8-9,12,18H,4-7,10-11,13H2,1-3H3. The lowest BCUT2D eigenvalue weighted by Gasteiger charge is -2.27. The SMILES string of the molecule is CCCCN(CCCC)c1ccc(Br)cc1CNC. The molecule has 0 heterocycles. The number of rotatable bonds is 9. The summed E-state index contributed by atoms with van der Waals surface area (Å²) >= 11 is 3.57. The second kappa shape index (κ2) is 9.38. The van der Waals surface area contributed by atoms with Crippen LogP contribution < -0.4 is 10.2 Å². The van der Waals surface area contributed by atoms with E-state index in [2.05, 4.69) is 58.2 Å². The van der Waals surface area contributed by atoms with Gasteiger partial charge in [-0.2, -0.15) is 0 Å². The number of anilines is 1. The molecule has 0 fully saturated rings. The van der Waals surface area contributed by atoms with Crippen LogP contribution in [0.5, 0.6) is 0 Å². The normalized spacial score (nSPS) is 10.7. The molecule has 0 aliphatic heterocycles. The molecule has 1 rings (SSSR count). The van der Waals surface area contributed by atoms with Crippen molar-refractivity contribution in [1.29, 1.82) is 0 Å². The first-order chi connectivity index (χ1) is 9.22. The Kier molecular flexibility index (Phi) is 8.15. The molecule has 0 aliphatic rings. The molecule has 1 N–H and O–H groups in total.